The maximum absolute atomic E-state index is 12.9. The van der Waals surface area contributed by atoms with E-state index in [9.17, 15) is 17.1 Å². The van der Waals surface area contributed by atoms with Gasteiger partial charge in [-0.25, -0.2) is 0 Å². The number of rotatable bonds is 2. The van der Waals surface area contributed by atoms with Crippen molar-refractivity contribution in [3.05, 3.63) is 27.2 Å². The summed E-state index contributed by atoms with van der Waals surface area (Å²) < 4.78 is 34.5. The van der Waals surface area contributed by atoms with Gasteiger partial charge in [-0.1, -0.05) is 34.8 Å². The number of amides is 1. The summed E-state index contributed by atoms with van der Waals surface area (Å²) in [4.78, 5) is 12.8. The smallest absolute Gasteiger partial charge is 0.307 e. The first kappa shape index (κ1) is 14.8. The second kappa shape index (κ2) is 5.09. The number of hydrogen-bond acceptors (Lipinski definition) is 3. The lowest BCUT2D eigenvalue weighted by molar-refractivity contribution is -0.117. The van der Waals surface area contributed by atoms with Gasteiger partial charge in [0, 0.05) is 18.7 Å². The molecule has 1 fully saturated rings. The average Bonchev–Trinajstić information content (AvgIpc) is 2.67. The molecule has 1 aromatic carbocycles. The van der Waals surface area contributed by atoms with E-state index in [0.29, 0.717) is 0 Å². The van der Waals surface area contributed by atoms with E-state index in [1.54, 1.807) is 0 Å². The third kappa shape index (κ3) is 2.97. The molecule has 104 valence electrons. The van der Waals surface area contributed by atoms with Crippen molar-refractivity contribution >= 4 is 56.6 Å². The highest BCUT2D eigenvalue weighted by atomic mass is 35.5. The molecule has 0 aliphatic carbocycles. The van der Waals surface area contributed by atoms with E-state index < -0.39 is 27.8 Å². The zero-order valence-electron chi connectivity index (χ0n) is 9.24. The maximum Gasteiger partial charge on any atom is 0.307 e. The molecule has 1 aliphatic rings. The van der Waals surface area contributed by atoms with Crippen LogP contribution in [0.1, 0.15) is 6.42 Å². The van der Waals surface area contributed by atoms with Gasteiger partial charge in [0.05, 0.1) is 15.1 Å². The summed E-state index contributed by atoms with van der Waals surface area (Å²) in [7, 11) is -4.76. The van der Waals surface area contributed by atoms with Crippen LogP contribution in [-0.2, 0) is 15.0 Å². The van der Waals surface area contributed by atoms with Gasteiger partial charge in [0.25, 0.3) is 0 Å². The van der Waals surface area contributed by atoms with Crippen molar-refractivity contribution in [3.8, 4) is 0 Å². The highest BCUT2D eigenvalue weighted by Crippen LogP contribution is 2.36. The standard InChI is InChI=1S/C10H7Cl3FNO3S/c11-7-1-5(2-8(12)10(7)13)15-4-6(3-9(15)16)19(14,17)18/h1-2,6H,3-4H2. The van der Waals surface area contributed by atoms with Crippen LogP contribution in [0.25, 0.3) is 0 Å². The van der Waals surface area contributed by atoms with Crippen LogP contribution in [0.4, 0.5) is 9.57 Å². The fourth-order valence-electron chi connectivity index (χ4n) is 1.81. The lowest BCUT2D eigenvalue weighted by Gasteiger charge is -2.17. The van der Waals surface area contributed by atoms with Crippen LogP contribution < -0.4 is 4.90 Å². The molecule has 0 saturated carbocycles. The normalized spacial score (nSPS) is 20.1. The zero-order chi connectivity index (χ0) is 14.4. The van der Waals surface area contributed by atoms with Crippen LogP contribution in [0.3, 0.4) is 0 Å². The third-order valence-corrected chi connectivity index (χ3v) is 5.08. The summed E-state index contributed by atoms with van der Waals surface area (Å²) in [6.45, 7) is -0.272. The van der Waals surface area contributed by atoms with Gasteiger partial charge in [-0.2, -0.15) is 8.42 Å². The van der Waals surface area contributed by atoms with Crippen molar-refractivity contribution in [1.29, 1.82) is 0 Å². The van der Waals surface area contributed by atoms with Gasteiger partial charge in [0.1, 0.15) is 5.25 Å². The molecule has 0 bridgehead atoms. The predicted molar refractivity (Wildman–Crippen MR) is 72.3 cm³/mol. The Kier molecular flexibility index (Phi) is 3.97. The SMILES string of the molecule is O=C1CC(S(=O)(=O)F)CN1c1cc(Cl)c(Cl)c(Cl)c1. The van der Waals surface area contributed by atoms with Crippen LogP contribution >= 0.6 is 34.8 Å². The van der Waals surface area contributed by atoms with Crippen molar-refractivity contribution in [2.24, 2.45) is 0 Å². The van der Waals surface area contributed by atoms with E-state index in [4.69, 9.17) is 34.8 Å². The highest BCUT2D eigenvalue weighted by Gasteiger charge is 2.39. The summed E-state index contributed by atoms with van der Waals surface area (Å²) in [5.74, 6) is -0.513. The largest absolute Gasteiger partial charge is 0.311 e. The quantitative estimate of drug-likeness (QED) is 0.611. The van der Waals surface area contributed by atoms with Gasteiger partial charge in [-0.05, 0) is 12.1 Å². The molecule has 0 N–H and O–H groups in total. The summed E-state index contributed by atoms with van der Waals surface area (Å²) in [6.07, 6.45) is -0.406. The molecule has 1 amide bonds. The van der Waals surface area contributed by atoms with Crippen LogP contribution in [-0.4, -0.2) is 26.1 Å². The summed E-state index contributed by atoms with van der Waals surface area (Å²) >= 11 is 17.4. The second-order valence-electron chi connectivity index (χ2n) is 4.03. The monoisotopic (exact) mass is 345 g/mol. The second-order valence-corrected chi connectivity index (χ2v) is 6.84. The lowest BCUT2D eigenvalue weighted by Crippen LogP contribution is -2.26. The fourth-order valence-corrected chi connectivity index (χ4v) is 3.06. The van der Waals surface area contributed by atoms with E-state index >= 15 is 0 Å². The summed E-state index contributed by atoms with van der Waals surface area (Å²) in [5, 5.41) is -0.978. The highest BCUT2D eigenvalue weighted by molar-refractivity contribution is 7.87. The van der Waals surface area contributed by atoms with Crippen molar-refractivity contribution in [3.63, 3.8) is 0 Å². The van der Waals surface area contributed by atoms with E-state index in [2.05, 4.69) is 0 Å². The molecule has 1 atom stereocenters. The van der Waals surface area contributed by atoms with Crippen molar-refractivity contribution in [2.45, 2.75) is 11.7 Å². The molecule has 9 heteroatoms. The minimum Gasteiger partial charge on any atom is -0.311 e. The first-order chi connectivity index (χ1) is 8.70. The van der Waals surface area contributed by atoms with Crippen molar-refractivity contribution in [2.75, 3.05) is 11.4 Å². The molecule has 0 aromatic heterocycles. The Morgan fingerprint density at radius 2 is 1.74 bits per heavy atom. The van der Waals surface area contributed by atoms with Crippen LogP contribution in [0.2, 0.25) is 15.1 Å². The van der Waals surface area contributed by atoms with Crippen LogP contribution in [0.15, 0.2) is 12.1 Å². The van der Waals surface area contributed by atoms with Crippen LogP contribution in [0.5, 0.6) is 0 Å². The van der Waals surface area contributed by atoms with Crippen LogP contribution in [0, 0.1) is 0 Å². The Labute approximate surface area is 124 Å². The van der Waals surface area contributed by atoms with Gasteiger partial charge >= 0.3 is 10.2 Å². The molecule has 0 radical (unpaired) electrons. The molecular weight excluding hydrogens is 340 g/mol. The molecule has 0 spiro atoms. The van der Waals surface area contributed by atoms with Gasteiger partial charge in [0.2, 0.25) is 5.91 Å². The van der Waals surface area contributed by atoms with E-state index in [0.717, 1.165) is 4.90 Å². The van der Waals surface area contributed by atoms with Crippen molar-refractivity contribution < 1.29 is 17.1 Å². The lowest BCUT2D eigenvalue weighted by atomic mass is 10.3. The molecule has 2 rings (SSSR count). The Morgan fingerprint density at radius 3 is 2.16 bits per heavy atom. The minimum absolute atomic E-state index is 0.128. The fraction of sp³-hybridized carbons (Fsp3) is 0.300. The topological polar surface area (TPSA) is 54.5 Å². The number of halogens is 4. The Balaban J connectivity index is 2.36. The predicted octanol–water partition coefficient (Wildman–Crippen LogP) is 3.05. The van der Waals surface area contributed by atoms with Crippen molar-refractivity contribution in [1.82, 2.24) is 0 Å². The number of anilines is 1. The first-order valence-corrected chi connectivity index (χ1v) is 7.66. The Morgan fingerprint density at radius 1 is 1.21 bits per heavy atom. The first-order valence-electron chi connectivity index (χ1n) is 5.08. The average molecular weight is 347 g/mol. The molecule has 1 aliphatic heterocycles. The minimum atomic E-state index is -4.76. The summed E-state index contributed by atoms with van der Waals surface area (Å²) in [5.41, 5.74) is 0.288. The van der Waals surface area contributed by atoms with E-state index in [-0.39, 0.29) is 27.3 Å². The van der Waals surface area contributed by atoms with E-state index in [1.807, 2.05) is 0 Å². The van der Waals surface area contributed by atoms with Gasteiger partial charge in [-0.3, -0.25) is 4.79 Å². The number of hydrogen-bond donors (Lipinski definition) is 0. The number of benzene rings is 1. The third-order valence-electron chi connectivity index (χ3n) is 2.77. The van der Waals surface area contributed by atoms with E-state index in [1.165, 1.54) is 12.1 Å². The molecule has 19 heavy (non-hydrogen) atoms. The molecule has 4 nitrogen and oxygen atoms in total. The molecular formula is C10H7Cl3FNO3S. The number of nitrogens with zero attached hydrogens (tertiary/aromatic N) is 1. The molecule has 1 saturated heterocycles. The van der Waals surface area contributed by atoms with Gasteiger partial charge < -0.3 is 4.90 Å². The Hall–Kier alpha value is -0.560. The molecule has 1 heterocycles. The molecule has 1 aromatic rings. The Bertz CT molecular complexity index is 626. The number of carbonyl (C=O) groups excluding carboxylic acids is 1. The van der Waals surface area contributed by atoms with Gasteiger partial charge in [0.15, 0.2) is 0 Å². The maximum atomic E-state index is 12.9. The summed E-state index contributed by atoms with van der Waals surface area (Å²) in [6, 6.07) is 2.75. The zero-order valence-corrected chi connectivity index (χ0v) is 12.3. The van der Waals surface area contributed by atoms with Gasteiger partial charge in [-0.15, -0.1) is 3.89 Å². The molecule has 1 unspecified atom stereocenters. The number of carbonyl (C=O) groups is 1.